The Hall–Kier alpha value is -2.34. The average molecular weight is 342 g/mol. The predicted molar refractivity (Wildman–Crippen MR) is 96.1 cm³/mol. The molecule has 1 aliphatic rings. The second-order valence-corrected chi connectivity index (χ2v) is 6.72. The monoisotopic (exact) mass is 342 g/mol. The molecule has 2 amide bonds. The van der Waals surface area contributed by atoms with E-state index >= 15 is 0 Å². The van der Waals surface area contributed by atoms with Crippen LogP contribution in [0.2, 0.25) is 0 Å². The molecule has 1 atom stereocenters. The summed E-state index contributed by atoms with van der Waals surface area (Å²) in [7, 11) is 0. The van der Waals surface area contributed by atoms with E-state index in [1.54, 1.807) is 6.20 Å². The molecule has 1 saturated heterocycles. The number of benzene rings is 1. The minimum absolute atomic E-state index is 0.0472. The van der Waals surface area contributed by atoms with E-state index < -0.39 is 0 Å². The number of aliphatic hydroxyl groups excluding tert-OH is 1. The quantitative estimate of drug-likeness (QED) is 0.875. The molecular weight excluding hydrogens is 316 g/mol. The van der Waals surface area contributed by atoms with E-state index in [2.05, 4.69) is 27.0 Å². The van der Waals surface area contributed by atoms with Crippen LogP contribution in [-0.2, 0) is 13.1 Å². The minimum Gasteiger partial charge on any atom is -0.396 e. The summed E-state index contributed by atoms with van der Waals surface area (Å²) in [6, 6.07) is 8.20. The number of urea groups is 1. The van der Waals surface area contributed by atoms with E-state index in [9.17, 15) is 9.90 Å². The number of imidazole rings is 1. The van der Waals surface area contributed by atoms with Gasteiger partial charge < -0.3 is 19.9 Å². The third-order valence-corrected chi connectivity index (χ3v) is 4.78. The Kier molecular flexibility index (Phi) is 5.71. The van der Waals surface area contributed by atoms with Gasteiger partial charge in [-0.05, 0) is 36.8 Å². The van der Waals surface area contributed by atoms with Gasteiger partial charge in [-0.1, -0.05) is 24.3 Å². The third-order valence-electron chi connectivity index (χ3n) is 4.78. The Morgan fingerprint density at radius 2 is 2.24 bits per heavy atom. The molecule has 1 fully saturated rings. The van der Waals surface area contributed by atoms with Gasteiger partial charge in [0, 0.05) is 45.2 Å². The van der Waals surface area contributed by atoms with Crippen LogP contribution in [0.4, 0.5) is 4.79 Å². The number of nitrogens with one attached hydrogen (secondary N) is 1. The Bertz CT molecular complexity index is 713. The summed E-state index contributed by atoms with van der Waals surface area (Å²) in [4.78, 5) is 18.4. The van der Waals surface area contributed by atoms with Crippen molar-refractivity contribution in [2.45, 2.75) is 32.9 Å². The lowest BCUT2D eigenvalue weighted by Crippen LogP contribution is -2.45. The van der Waals surface area contributed by atoms with Crippen LogP contribution in [0, 0.1) is 12.8 Å². The summed E-state index contributed by atoms with van der Waals surface area (Å²) in [5.74, 6) is 1.20. The molecule has 6 nitrogen and oxygen atoms in total. The Labute approximate surface area is 148 Å². The Balaban J connectivity index is 1.55. The largest absolute Gasteiger partial charge is 0.396 e. The fourth-order valence-corrected chi connectivity index (χ4v) is 3.29. The second kappa shape index (κ2) is 8.16. The number of nitrogens with zero attached hydrogens (tertiary/aromatic N) is 3. The molecule has 1 aliphatic heterocycles. The van der Waals surface area contributed by atoms with Crippen LogP contribution in [0.5, 0.6) is 0 Å². The molecule has 3 rings (SSSR count). The van der Waals surface area contributed by atoms with Crippen molar-refractivity contribution in [1.82, 2.24) is 19.8 Å². The molecule has 1 aromatic carbocycles. The molecule has 6 heteroatoms. The maximum Gasteiger partial charge on any atom is 0.317 e. The molecule has 1 aromatic heterocycles. The maximum absolute atomic E-state index is 12.3. The zero-order valence-electron chi connectivity index (χ0n) is 14.7. The van der Waals surface area contributed by atoms with E-state index in [-0.39, 0.29) is 18.6 Å². The van der Waals surface area contributed by atoms with Crippen molar-refractivity contribution in [3.05, 3.63) is 53.6 Å². The summed E-state index contributed by atoms with van der Waals surface area (Å²) >= 11 is 0. The highest BCUT2D eigenvalue weighted by Crippen LogP contribution is 2.16. The van der Waals surface area contributed by atoms with Crippen molar-refractivity contribution in [2.24, 2.45) is 5.92 Å². The van der Waals surface area contributed by atoms with E-state index in [0.717, 1.165) is 37.3 Å². The predicted octanol–water partition coefficient (Wildman–Crippen LogP) is 2.15. The van der Waals surface area contributed by atoms with Crippen LogP contribution in [0.25, 0.3) is 0 Å². The number of rotatable bonds is 5. The number of aryl methyl sites for hydroxylation is 1. The zero-order valence-corrected chi connectivity index (χ0v) is 14.7. The fraction of sp³-hybridized carbons (Fsp3) is 0.474. The highest BCUT2D eigenvalue weighted by molar-refractivity contribution is 5.74. The van der Waals surface area contributed by atoms with Gasteiger partial charge in [-0.25, -0.2) is 9.78 Å². The molecule has 0 radical (unpaired) electrons. The second-order valence-electron chi connectivity index (χ2n) is 6.72. The molecule has 2 aromatic rings. The first-order valence-electron chi connectivity index (χ1n) is 8.85. The van der Waals surface area contributed by atoms with Crippen molar-refractivity contribution >= 4 is 6.03 Å². The minimum atomic E-state index is -0.0472. The summed E-state index contributed by atoms with van der Waals surface area (Å²) in [6.07, 6.45) is 5.73. The number of likely N-dealkylation sites (tertiary alicyclic amines) is 1. The Morgan fingerprint density at radius 1 is 1.40 bits per heavy atom. The molecule has 0 spiro atoms. The topological polar surface area (TPSA) is 70.4 Å². The first kappa shape index (κ1) is 17.5. The van der Waals surface area contributed by atoms with Crippen LogP contribution < -0.4 is 5.32 Å². The molecule has 0 aliphatic carbocycles. The zero-order chi connectivity index (χ0) is 17.6. The number of carbonyl (C=O) groups is 1. The van der Waals surface area contributed by atoms with Crippen LogP contribution in [0.1, 0.15) is 29.8 Å². The third kappa shape index (κ3) is 4.60. The molecule has 2 heterocycles. The molecule has 0 saturated carbocycles. The summed E-state index contributed by atoms with van der Waals surface area (Å²) < 4.78 is 2.10. The average Bonchev–Trinajstić information content (AvgIpc) is 3.04. The molecule has 0 bridgehead atoms. The van der Waals surface area contributed by atoms with Crippen LogP contribution in [0.3, 0.4) is 0 Å². The summed E-state index contributed by atoms with van der Waals surface area (Å²) in [5, 5.41) is 12.3. The van der Waals surface area contributed by atoms with Gasteiger partial charge in [-0.2, -0.15) is 0 Å². The molecule has 1 unspecified atom stereocenters. The van der Waals surface area contributed by atoms with E-state index in [0.29, 0.717) is 13.1 Å². The standard InChI is InChI=1S/C19H26N4O2/c1-15-20-7-9-22(15)12-17-5-2-4-16(10-17)11-21-19(25)23-8-3-6-18(13-23)14-24/h2,4-5,7,9-10,18,24H,3,6,8,11-14H2,1H3,(H,21,25). The number of aliphatic hydroxyl groups is 1. The normalized spacial score (nSPS) is 17.5. The number of carbonyl (C=O) groups excluding carboxylic acids is 1. The highest BCUT2D eigenvalue weighted by Gasteiger charge is 2.22. The van der Waals surface area contributed by atoms with E-state index in [4.69, 9.17) is 0 Å². The van der Waals surface area contributed by atoms with Gasteiger partial charge >= 0.3 is 6.03 Å². The van der Waals surface area contributed by atoms with Crippen LogP contribution in [-0.4, -0.2) is 45.3 Å². The Morgan fingerprint density at radius 3 is 3.00 bits per heavy atom. The lowest BCUT2D eigenvalue weighted by molar-refractivity contribution is 0.129. The van der Waals surface area contributed by atoms with Crippen molar-refractivity contribution in [2.75, 3.05) is 19.7 Å². The van der Waals surface area contributed by atoms with Crippen LogP contribution >= 0.6 is 0 Å². The van der Waals surface area contributed by atoms with Gasteiger partial charge in [0.05, 0.1) is 0 Å². The van der Waals surface area contributed by atoms with Gasteiger partial charge in [0.25, 0.3) is 0 Å². The van der Waals surface area contributed by atoms with Crippen LogP contribution in [0.15, 0.2) is 36.7 Å². The lowest BCUT2D eigenvalue weighted by atomic mass is 9.99. The summed E-state index contributed by atoms with van der Waals surface area (Å²) in [6.45, 7) is 4.83. The number of hydrogen-bond donors (Lipinski definition) is 2. The van der Waals surface area contributed by atoms with Gasteiger partial charge in [0.15, 0.2) is 0 Å². The highest BCUT2D eigenvalue weighted by atomic mass is 16.3. The number of amides is 2. The molecule has 2 N–H and O–H groups in total. The van der Waals surface area contributed by atoms with E-state index in [1.807, 2.05) is 30.2 Å². The number of aromatic nitrogens is 2. The van der Waals surface area contributed by atoms with Gasteiger partial charge in [-0.15, -0.1) is 0 Å². The van der Waals surface area contributed by atoms with Crippen molar-refractivity contribution in [1.29, 1.82) is 0 Å². The van der Waals surface area contributed by atoms with Crippen molar-refractivity contribution in [3.8, 4) is 0 Å². The smallest absolute Gasteiger partial charge is 0.317 e. The van der Waals surface area contributed by atoms with Crippen molar-refractivity contribution < 1.29 is 9.90 Å². The fourth-order valence-electron chi connectivity index (χ4n) is 3.29. The van der Waals surface area contributed by atoms with Gasteiger partial charge in [-0.3, -0.25) is 0 Å². The SMILES string of the molecule is Cc1nccn1Cc1cccc(CNC(=O)N2CCCC(CO)C2)c1. The summed E-state index contributed by atoms with van der Waals surface area (Å²) in [5.41, 5.74) is 2.27. The molecule has 134 valence electrons. The van der Waals surface area contributed by atoms with Gasteiger partial charge in [0.2, 0.25) is 0 Å². The molecular formula is C19H26N4O2. The molecule has 25 heavy (non-hydrogen) atoms. The number of hydrogen-bond acceptors (Lipinski definition) is 3. The van der Waals surface area contributed by atoms with E-state index in [1.165, 1.54) is 5.56 Å². The first-order chi connectivity index (χ1) is 12.2. The van der Waals surface area contributed by atoms with Gasteiger partial charge in [0.1, 0.15) is 5.82 Å². The van der Waals surface area contributed by atoms with Crippen molar-refractivity contribution in [3.63, 3.8) is 0 Å². The lowest BCUT2D eigenvalue weighted by Gasteiger charge is -2.31. The number of piperidine rings is 1. The maximum atomic E-state index is 12.3. The first-order valence-corrected chi connectivity index (χ1v) is 8.85.